The lowest BCUT2D eigenvalue weighted by atomic mass is 10.1. The maximum absolute atomic E-state index is 10.6. The molecule has 0 spiro atoms. The topological polar surface area (TPSA) is 55.2 Å². The smallest absolute Gasteiger partial charge is 0.274 e. The Labute approximate surface area is 84.2 Å². The van der Waals surface area contributed by atoms with Crippen LogP contribution in [0.3, 0.4) is 0 Å². The monoisotopic (exact) mass is 244 g/mol. The van der Waals surface area contributed by atoms with Gasteiger partial charge in [-0.25, -0.2) is 0 Å². The van der Waals surface area contributed by atoms with Crippen molar-refractivity contribution in [2.45, 2.75) is 6.92 Å². The molecule has 0 aliphatic heterocycles. The summed E-state index contributed by atoms with van der Waals surface area (Å²) in [7, 11) is 1.73. The number of anilines is 1. The predicted octanol–water partition coefficient (Wildman–Crippen LogP) is 2.71. The third kappa shape index (κ3) is 1.80. The van der Waals surface area contributed by atoms with Crippen LogP contribution in [0.25, 0.3) is 0 Å². The van der Waals surface area contributed by atoms with Gasteiger partial charge in [0.05, 0.1) is 16.2 Å². The minimum absolute atomic E-state index is 0.132. The fourth-order valence-corrected chi connectivity index (χ4v) is 1.80. The van der Waals surface area contributed by atoms with Gasteiger partial charge >= 0.3 is 0 Å². The molecule has 0 atom stereocenters. The maximum atomic E-state index is 10.6. The Morgan fingerprint density at radius 1 is 1.54 bits per heavy atom. The van der Waals surface area contributed by atoms with Crippen LogP contribution in [0, 0.1) is 17.0 Å². The molecule has 1 aromatic rings. The Kier molecular flexibility index (Phi) is 2.87. The number of nitro groups is 1. The van der Waals surface area contributed by atoms with Crippen molar-refractivity contribution in [2.24, 2.45) is 0 Å². The number of nitrogens with one attached hydrogen (secondary N) is 1. The molecule has 0 heterocycles. The molecule has 0 amide bonds. The molecule has 1 aromatic carbocycles. The third-order valence-electron chi connectivity index (χ3n) is 1.83. The van der Waals surface area contributed by atoms with Crippen molar-refractivity contribution in [1.82, 2.24) is 0 Å². The standard InChI is InChI=1S/C8H9BrN2O2/c1-5-7(11(12)13)4-3-6(9)8(5)10-2/h3-4,10H,1-2H3. The van der Waals surface area contributed by atoms with Gasteiger partial charge in [0.2, 0.25) is 0 Å². The number of hydrogen-bond donors (Lipinski definition) is 1. The van der Waals surface area contributed by atoms with Gasteiger partial charge in [-0.15, -0.1) is 0 Å². The van der Waals surface area contributed by atoms with E-state index in [-0.39, 0.29) is 10.6 Å². The predicted molar refractivity (Wildman–Crippen MR) is 55.1 cm³/mol. The second-order valence-electron chi connectivity index (χ2n) is 2.57. The molecule has 0 aliphatic carbocycles. The fraction of sp³-hybridized carbons (Fsp3) is 0.250. The molecule has 0 radical (unpaired) electrons. The molecule has 0 unspecified atom stereocenters. The average molecular weight is 245 g/mol. The summed E-state index contributed by atoms with van der Waals surface area (Å²) in [6, 6.07) is 3.15. The summed E-state index contributed by atoms with van der Waals surface area (Å²) >= 11 is 3.31. The van der Waals surface area contributed by atoms with Crippen molar-refractivity contribution in [3.8, 4) is 0 Å². The molecular weight excluding hydrogens is 236 g/mol. The Bertz CT molecular complexity index is 352. The summed E-state index contributed by atoms with van der Waals surface area (Å²) in [4.78, 5) is 10.2. The highest BCUT2D eigenvalue weighted by Gasteiger charge is 2.14. The number of nitro benzene ring substituents is 1. The molecule has 1 rings (SSSR count). The zero-order chi connectivity index (χ0) is 10.0. The van der Waals surface area contributed by atoms with Crippen LogP contribution in [-0.2, 0) is 0 Å². The lowest BCUT2D eigenvalue weighted by Crippen LogP contribution is -1.98. The summed E-state index contributed by atoms with van der Waals surface area (Å²) < 4.78 is 0.832. The third-order valence-corrected chi connectivity index (χ3v) is 2.49. The highest BCUT2D eigenvalue weighted by molar-refractivity contribution is 9.10. The van der Waals surface area contributed by atoms with Crippen LogP contribution in [0.5, 0.6) is 0 Å². The SMILES string of the molecule is CNc1c(Br)ccc([N+](=O)[O-])c1C. The van der Waals surface area contributed by atoms with Gasteiger partial charge in [-0.3, -0.25) is 10.1 Å². The molecule has 0 aliphatic rings. The summed E-state index contributed by atoms with van der Waals surface area (Å²) in [5.74, 6) is 0. The van der Waals surface area contributed by atoms with E-state index in [1.807, 2.05) is 0 Å². The molecule has 1 N–H and O–H groups in total. The number of nitrogens with zero attached hydrogens (tertiary/aromatic N) is 1. The van der Waals surface area contributed by atoms with E-state index in [1.165, 1.54) is 6.07 Å². The molecule has 0 aromatic heterocycles. The highest BCUT2D eigenvalue weighted by Crippen LogP contribution is 2.32. The lowest BCUT2D eigenvalue weighted by Gasteiger charge is -2.07. The molecule has 0 fully saturated rings. The molecule has 5 heteroatoms. The van der Waals surface area contributed by atoms with Crippen molar-refractivity contribution in [2.75, 3.05) is 12.4 Å². The van der Waals surface area contributed by atoms with E-state index in [1.54, 1.807) is 20.0 Å². The van der Waals surface area contributed by atoms with Crippen LogP contribution in [-0.4, -0.2) is 12.0 Å². The summed E-state index contributed by atoms with van der Waals surface area (Å²) in [5.41, 5.74) is 1.53. The second-order valence-corrected chi connectivity index (χ2v) is 3.43. The molecule has 13 heavy (non-hydrogen) atoms. The Balaban J connectivity index is 3.35. The first kappa shape index (κ1) is 9.98. The minimum Gasteiger partial charge on any atom is -0.387 e. The minimum atomic E-state index is -0.386. The number of benzene rings is 1. The van der Waals surface area contributed by atoms with Crippen LogP contribution >= 0.6 is 15.9 Å². The van der Waals surface area contributed by atoms with Crippen LogP contribution in [0.4, 0.5) is 11.4 Å². The first-order valence-corrected chi connectivity index (χ1v) is 4.48. The quantitative estimate of drug-likeness (QED) is 0.643. The van der Waals surface area contributed by atoms with Gasteiger partial charge in [-0.2, -0.15) is 0 Å². The van der Waals surface area contributed by atoms with E-state index in [0.717, 1.165) is 10.2 Å². The molecule has 0 bridgehead atoms. The fourth-order valence-electron chi connectivity index (χ4n) is 1.17. The van der Waals surface area contributed by atoms with E-state index >= 15 is 0 Å². The molecule has 0 saturated heterocycles. The normalized spacial score (nSPS) is 9.77. The molecule has 70 valence electrons. The second kappa shape index (κ2) is 3.74. The van der Waals surface area contributed by atoms with Gasteiger partial charge in [0.1, 0.15) is 0 Å². The van der Waals surface area contributed by atoms with Crippen molar-refractivity contribution in [1.29, 1.82) is 0 Å². The number of halogens is 1. The van der Waals surface area contributed by atoms with E-state index in [2.05, 4.69) is 21.2 Å². The average Bonchev–Trinajstić information content (AvgIpc) is 2.04. The number of hydrogen-bond acceptors (Lipinski definition) is 3. The first-order valence-electron chi connectivity index (χ1n) is 3.69. The first-order chi connectivity index (χ1) is 6.07. The van der Waals surface area contributed by atoms with Gasteiger partial charge in [0.15, 0.2) is 0 Å². The van der Waals surface area contributed by atoms with Gasteiger partial charge in [-0.1, -0.05) is 0 Å². The molecular formula is C8H9BrN2O2. The molecule has 0 saturated carbocycles. The van der Waals surface area contributed by atoms with E-state index in [9.17, 15) is 10.1 Å². The van der Waals surface area contributed by atoms with Crippen molar-refractivity contribution in [3.63, 3.8) is 0 Å². The van der Waals surface area contributed by atoms with Crippen molar-refractivity contribution in [3.05, 3.63) is 32.3 Å². The maximum Gasteiger partial charge on any atom is 0.274 e. The van der Waals surface area contributed by atoms with Crippen LogP contribution < -0.4 is 5.32 Å². The van der Waals surface area contributed by atoms with Crippen molar-refractivity contribution < 1.29 is 4.92 Å². The zero-order valence-electron chi connectivity index (χ0n) is 7.30. The van der Waals surface area contributed by atoms with Gasteiger partial charge in [-0.05, 0) is 28.9 Å². The van der Waals surface area contributed by atoms with Crippen molar-refractivity contribution >= 4 is 27.3 Å². The Hall–Kier alpha value is -1.10. The van der Waals surface area contributed by atoms with Crippen LogP contribution in [0.15, 0.2) is 16.6 Å². The van der Waals surface area contributed by atoms with Gasteiger partial charge in [0, 0.05) is 17.6 Å². The van der Waals surface area contributed by atoms with E-state index in [0.29, 0.717) is 5.56 Å². The van der Waals surface area contributed by atoms with E-state index in [4.69, 9.17) is 0 Å². The lowest BCUT2D eigenvalue weighted by molar-refractivity contribution is -0.385. The summed E-state index contributed by atoms with van der Waals surface area (Å²) in [5, 5.41) is 13.5. The van der Waals surface area contributed by atoms with Crippen LogP contribution in [0.1, 0.15) is 5.56 Å². The Morgan fingerprint density at radius 2 is 2.15 bits per heavy atom. The van der Waals surface area contributed by atoms with Gasteiger partial charge in [0.25, 0.3) is 5.69 Å². The summed E-state index contributed by atoms with van der Waals surface area (Å²) in [6.07, 6.45) is 0. The largest absolute Gasteiger partial charge is 0.387 e. The van der Waals surface area contributed by atoms with Gasteiger partial charge < -0.3 is 5.32 Å². The summed E-state index contributed by atoms with van der Waals surface area (Å²) in [6.45, 7) is 1.72. The molecule has 4 nitrogen and oxygen atoms in total. The Morgan fingerprint density at radius 3 is 2.62 bits per heavy atom. The van der Waals surface area contributed by atoms with Crippen LogP contribution in [0.2, 0.25) is 0 Å². The van der Waals surface area contributed by atoms with E-state index < -0.39 is 0 Å². The highest BCUT2D eigenvalue weighted by atomic mass is 79.9. The zero-order valence-corrected chi connectivity index (χ0v) is 8.88. The number of rotatable bonds is 2.